The van der Waals surface area contributed by atoms with Gasteiger partial charge in [-0.3, -0.25) is 4.79 Å². The van der Waals surface area contributed by atoms with E-state index < -0.39 is 0 Å². The molecule has 1 aromatic carbocycles. The molecule has 4 N–H and O–H groups in total. The van der Waals surface area contributed by atoms with Crippen LogP contribution in [-0.2, 0) is 6.61 Å². The average Bonchev–Trinajstić information content (AvgIpc) is 2.40. The maximum Gasteiger partial charge on any atom is 0.275 e. The van der Waals surface area contributed by atoms with Gasteiger partial charge >= 0.3 is 0 Å². The van der Waals surface area contributed by atoms with Crippen LogP contribution in [0.2, 0.25) is 0 Å². The summed E-state index contributed by atoms with van der Waals surface area (Å²) < 4.78 is 0. The monoisotopic (exact) mass is 244 g/mol. The molecule has 6 nitrogen and oxygen atoms in total. The molecule has 0 radical (unpaired) electrons. The molecule has 18 heavy (non-hydrogen) atoms. The molecule has 0 spiro atoms. The van der Waals surface area contributed by atoms with E-state index in [1.807, 2.05) is 0 Å². The van der Waals surface area contributed by atoms with Crippen LogP contribution in [0.15, 0.2) is 36.7 Å². The smallest absolute Gasteiger partial charge is 0.275 e. The molecule has 6 heteroatoms. The van der Waals surface area contributed by atoms with Gasteiger partial charge in [-0.2, -0.15) is 0 Å². The number of amides is 1. The SMILES string of the molecule is Nc1cnc(C(=O)Nc2ccc(CO)cc2)cn1. The number of carbonyl (C=O) groups excluding carboxylic acids is 1. The third kappa shape index (κ3) is 2.80. The Bertz CT molecular complexity index is 537. The van der Waals surface area contributed by atoms with Crippen molar-refractivity contribution in [2.75, 3.05) is 11.1 Å². The lowest BCUT2D eigenvalue weighted by molar-refractivity contribution is 0.102. The highest BCUT2D eigenvalue weighted by Gasteiger charge is 2.07. The van der Waals surface area contributed by atoms with E-state index >= 15 is 0 Å². The van der Waals surface area contributed by atoms with Gasteiger partial charge in [0.15, 0.2) is 0 Å². The quantitative estimate of drug-likeness (QED) is 0.741. The molecule has 0 saturated carbocycles. The number of aliphatic hydroxyl groups excluding tert-OH is 1. The topological polar surface area (TPSA) is 101 Å². The lowest BCUT2D eigenvalue weighted by Gasteiger charge is -2.05. The van der Waals surface area contributed by atoms with E-state index in [1.54, 1.807) is 24.3 Å². The number of nitrogens with zero attached hydrogens (tertiary/aromatic N) is 2. The second-order valence-corrected chi connectivity index (χ2v) is 3.64. The normalized spacial score (nSPS) is 10.1. The number of nitrogens with one attached hydrogen (secondary N) is 1. The Morgan fingerprint density at radius 2 is 1.94 bits per heavy atom. The fourth-order valence-corrected chi connectivity index (χ4v) is 1.34. The van der Waals surface area contributed by atoms with Crippen molar-refractivity contribution in [3.05, 3.63) is 47.9 Å². The number of aromatic nitrogens is 2. The molecule has 0 aliphatic carbocycles. The standard InChI is InChI=1S/C12H12N4O2/c13-11-6-14-10(5-15-11)12(18)16-9-3-1-8(7-17)2-4-9/h1-6,17H,7H2,(H2,13,15)(H,16,18). The molecule has 92 valence electrons. The minimum Gasteiger partial charge on any atom is -0.392 e. The van der Waals surface area contributed by atoms with Crippen LogP contribution >= 0.6 is 0 Å². The first-order valence-corrected chi connectivity index (χ1v) is 5.27. The van der Waals surface area contributed by atoms with Gasteiger partial charge in [-0.05, 0) is 17.7 Å². The highest BCUT2D eigenvalue weighted by molar-refractivity contribution is 6.02. The van der Waals surface area contributed by atoms with Crippen LogP contribution < -0.4 is 11.1 Å². The first kappa shape index (κ1) is 12.0. The largest absolute Gasteiger partial charge is 0.392 e. The van der Waals surface area contributed by atoms with Crippen LogP contribution in [0.5, 0.6) is 0 Å². The average molecular weight is 244 g/mol. The van der Waals surface area contributed by atoms with Gasteiger partial charge in [0.2, 0.25) is 0 Å². The molecule has 0 fully saturated rings. The Hall–Kier alpha value is -2.47. The van der Waals surface area contributed by atoms with Crippen molar-refractivity contribution in [2.24, 2.45) is 0 Å². The van der Waals surface area contributed by atoms with Crippen LogP contribution in [0.3, 0.4) is 0 Å². The number of anilines is 2. The first-order chi connectivity index (χ1) is 8.69. The Balaban J connectivity index is 2.08. The van der Waals surface area contributed by atoms with Gasteiger partial charge in [-0.25, -0.2) is 9.97 Å². The highest BCUT2D eigenvalue weighted by atomic mass is 16.3. The van der Waals surface area contributed by atoms with E-state index in [2.05, 4.69) is 15.3 Å². The van der Waals surface area contributed by atoms with Crippen molar-refractivity contribution in [1.82, 2.24) is 9.97 Å². The summed E-state index contributed by atoms with van der Waals surface area (Å²) >= 11 is 0. The number of rotatable bonds is 3. The van der Waals surface area contributed by atoms with Crippen molar-refractivity contribution in [3.8, 4) is 0 Å². The van der Waals surface area contributed by atoms with Crippen LogP contribution in [0, 0.1) is 0 Å². The predicted octanol–water partition coefficient (Wildman–Crippen LogP) is 0.803. The Morgan fingerprint density at radius 1 is 1.22 bits per heavy atom. The van der Waals surface area contributed by atoms with Gasteiger partial charge in [0.05, 0.1) is 19.0 Å². The number of nitrogen functional groups attached to an aromatic ring is 1. The van der Waals surface area contributed by atoms with Gasteiger partial charge in [0.1, 0.15) is 11.5 Å². The summed E-state index contributed by atoms with van der Waals surface area (Å²) in [5.74, 6) is -0.0990. The van der Waals surface area contributed by atoms with Gasteiger partial charge in [-0.15, -0.1) is 0 Å². The second-order valence-electron chi connectivity index (χ2n) is 3.64. The highest BCUT2D eigenvalue weighted by Crippen LogP contribution is 2.10. The maximum atomic E-state index is 11.8. The third-order valence-corrected chi connectivity index (χ3v) is 2.30. The molecule has 2 rings (SSSR count). The fraction of sp³-hybridized carbons (Fsp3) is 0.0833. The predicted molar refractivity (Wildman–Crippen MR) is 66.8 cm³/mol. The van der Waals surface area contributed by atoms with E-state index in [0.29, 0.717) is 5.69 Å². The maximum absolute atomic E-state index is 11.8. The molecule has 1 amide bonds. The molecule has 0 aliphatic rings. The molecule has 0 aliphatic heterocycles. The zero-order valence-electron chi connectivity index (χ0n) is 9.50. The van der Waals surface area contributed by atoms with Crippen LogP contribution in [0.4, 0.5) is 11.5 Å². The van der Waals surface area contributed by atoms with E-state index in [1.165, 1.54) is 12.4 Å². The summed E-state index contributed by atoms with van der Waals surface area (Å²) in [7, 11) is 0. The number of hydrogen-bond acceptors (Lipinski definition) is 5. The van der Waals surface area contributed by atoms with E-state index in [-0.39, 0.29) is 24.0 Å². The molecular formula is C12H12N4O2. The zero-order chi connectivity index (χ0) is 13.0. The van der Waals surface area contributed by atoms with Gasteiger partial charge in [-0.1, -0.05) is 12.1 Å². The van der Waals surface area contributed by atoms with Gasteiger partial charge in [0, 0.05) is 5.69 Å². The molecule has 2 aromatic rings. The van der Waals surface area contributed by atoms with E-state index in [4.69, 9.17) is 10.8 Å². The molecule has 1 aromatic heterocycles. The molecule has 0 unspecified atom stereocenters. The van der Waals surface area contributed by atoms with Crippen molar-refractivity contribution < 1.29 is 9.90 Å². The Morgan fingerprint density at radius 3 is 2.50 bits per heavy atom. The minimum atomic E-state index is -0.362. The summed E-state index contributed by atoms with van der Waals surface area (Å²) in [6.45, 7) is -0.0301. The van der Waals surface area contributed by atoms with E-state index in [9.17, 15) is 4.79 Å². The lowest BCUT2D eigenvalue weighted by Crippen LogP contribution is -2.14. The summed E-state index contributed by atoms with van der Waals surface area (Å²) in [5, 5.41) is 11.6. The Labute approximate surface area is 104 Å². The van der Waals surface area contributed by atoms with Crippen molar-refractivity contribution in [3.63, 3.8) is 0 Å². The second kappa shape index (κ2) is 5.24. The van der Waals surface area contributed by atoms with Crippen molar-refractivity contribution in [1.29, 1.82) is 0 Å². The summed E-state index contributed by atoms with van der Waals surface area (Å²) in [6, 6.07) is 6.86. The zero-order valence-corrected chi connectivity index (χ0v) is 9.50. The molecule has 0 bridgehead atoms. The van der Waals surface area contributed by atoms with Crippen LogP contribution in [0.25, 0.3) is 0 Å². The van der Waals surface area contributed by atoms with Crippen molar-refractivity contribution >= 4 is 17.4 Å². The van der Waals surface area contributed by atoms with Crippen LogP contribution in [0.1, 0.15) is 16.1 Å². The van der Waals surface area contributed by atoms with Gasteiger partial charge in [0.25, 0.3) is 5.91 Å². The van der Waals surface area contributed by atoms with Gasteiger partial charge < -0.3 is 16.2 Å². The summed E-state index contributed by atoms with van der Waals surface area (Å²) in [6.07, 6.45) is 2.64. The number of benzene rings is 1. The Kier molecular flexibility index (Phi) is 3.49. The van der Waals surface area contributed by atoms with E-state index in [0.717, 1.165) is 5.56 Å². The summed E-state index contributed by atoms with van der Waals surface area (Å²) in [4.78, 5) is 19.4. The number of carbonyl (C=O) groups is 1. The number of aliphatic hydroxyl groups is 1. The van der Waals surface area contributed by atoms with Crippen LogP contribution in [-0.4, -0.2) is 21.0 Å². The molecular weight excluding hydrogens is 232 g/mol. The molecule has 0 saturated heterocycles. The first-order valence-electron chi connectivity index (χ1n) is 5.27. The number of hydrogen-bond donors (Lipinski definition) is 3. The molecule has 0 atom stereocenters. The summed E-state index contributed by atoms with van der Waals surface area (Å²) in [5.41, 5.74) is 6.97. The minimum absolute atomic E-state index is 0.0301. The number of nitrogens with two attached hydrogens (primary N) is 1. The van der Waals surface area contributed by atoms with Crippen molar-refractivity contribution in [2.45, 2.75) is 6.61 Å². The fourth-order valence-electron chi connectivity index (χ4n) is 1.34. The lowest BCUT2D eigenvalue weighted by atomic mass is 10.2. The third-order valence-electron chi connectivity index (χ3n) is 2.30. The molecule has 1 heterocycles.